The number of sulfonamides is 1. The highest BCUT2D eigenvalue weighted by Crippen LogP contribution is 2.20. The number of rotatable bonds is 7. The maximum Gasteiger partial charge on any atom is 0.249 e. The number of nitrogens with one attached hydrogen (secondary N) is 1. The molecule has 0 radical (unpaired) electrons. The summed E-state index contributed by atoms with van der Waals surface area (Å²) in [4.78, 5) is 11.4. The quantitative estimate of drug-likeness (QED) is 0.688. The van der Waals surface area contributed by atoms with Crippen LogP contribution in [0.15, 0.2) is 23.1 Å². The van der Waals surface area contributed by atoms with Crippen molar-refractivity contribution in [1.82, 2.24) is 4.72 Å². The van der Waals surface area contributed by atoms with Gasteiger partial charge in [-0.1, -0.05) is 19.9 Å². The van der Waals surface area contributed by atoms with E-state index in [1.54, 1.807) is 13.0 Å². The molecule has 0 aliphatic rings. The van der Waals surface area contributed by atoms with Crippen LogP contribution in [0.5, 0.6) is 0 Å². The number of hydrogen-bond donors (Lipinski definition) is 3. The molecule has 5 N–H and O–H groups in total. The van der Waals surface area contributed by atoms with E-state index in [2.05, 4.69) is 4.72 Å². The Morgan fingerprint density at radius 1 is 1.27 bits per heavy atom. The summed E-state index contributed by atoms with van der Waals surface area (Å²) in [7, 11) is -3.76. The van der Waals surface area contributed by atoms with Crippen molar-refractivity contribution in [3.05, 3.63) is 29.3 Å². The number of carbonyl (C=O) groups is 1. The summed E-state index contributed by atoms with van der Waals surface area (Å²) in [5.74, 6) is -0.652. The second-order valence-electron chi connectivity index (χ2n) is 5.14. The molecule has 1 rings (SSSR count). The Bertz CT molecular complexity index is 620. The number of amides is 1. The Labute approximate surface area is 138 Å². The van der Waals surface area contributed by atoms with Crippen LogP contribution in [0.1, 0.15) is 42.6 Å². The molecule has 0 bridgehead atoms. The van der Waals surface area contributed by atoms with Gasteiger partial charge < -0.3 is 11.5 Å². The zero-order valence-corrected chi connectivity index (χ0v) is 14.7. The van der Waals surface area contributed by atoms with Gasteiger partial charge in [-0.25, -0.2) is 13.1 Å². The van der Waals surface area contributed by atoms with Crippen LogP contribution < -0.4 is 16.2 Å². The van der Waals surface area contributed by atoms with Crippen LogP contribution in [0, 0.1) is 6.92 Å². The first kappa shape index (κ1) is 20.9. The molecular weight excluding hydrogens is 326 g/mol. The maximum absolute atomic E-state index is 12.5. The molecule has 0 spiro atoms. The van der Waals surface area contributed by atoms with Gasteiger partial charge >= 0.3 is 0 Å². The minimum absolute atomic E-state index is 0. The molecule has 0 aliphatic heterocycles. The number of aryl methyl sites for hydroxylation is 1. The van der Waals surface area contributed by atoms with Gasteiger partial charge in [-0.15, -0.1) is 12.4 Å². The molecule has 1 aromatic rings. The average molecular weight is 350 g/mol. The molecule has 0 atom stereocenters. The summed E-state index contributed by atoms with van der Waals surface area (Å²) in [6, 6.07) is 4.32. The summed E-state index contributed by atoms with van der Waals surface area (Å²) in [6.45, 7) is 5.66. The van der Waals surface area contributed by atoms with Gasteiger partial charge in [0.05, 0.1) is 4.90 Å². The average Bonchev–Trinajstić information content (AvgIpc) is 2.44. The molecule has 0 saturated heterocycles. The lowest BCUT2D eigenvalue weighted by Crippen LogP contribution is -2.52. The number of carbonyl (C=O) groups excluding carboxylic acids is 1. The number of halogens is 1. The second kappa shape index (κ2) is 7.92. The third kappa shape index (κ3) is 4.42. The highest BCUT2D eigenvalue weighted by Gasteiger charge is 2.31. The minimum atomic E-state index is -3.76. The molecule has 0 saturated carbocycles. The van der Waals surface area contributed by atoms with E-state index in [1.807, 2.05) is 13.8 Å². The molecule has 0 fully saturated rings. The SMILES string of the molecule is CCC(CC)(CN)NS(=O)(=O)c1ccc(C)c(C(N)=O)c1.Cl. The summed E-state index contributed by atoms with van der Waals surface area (Å²) in [5.41, 5.74) is 11.1. The zero-order chi connectivity index (χ0) is 16.3. The van der Waals surface area contributed by atoms with E-state index in [0.29, 0.717) is 18.4 Å². The van der Waals surface area contributed by atoms with Crippen LogP contribution in [-0.4, -0.2) is 26.4 Å². The molecule has 0 unspecified atom stereocenters. The van der Waals surface area contributed by atoms with Crippen molar-refractivity contribution in [2.75, 3.05) is 6.54 Å². The fourth-order valence-electron chi connectivity index (χ4n) is 2.10. The first-order chi connectivity index (χ1) is 9.71. The van der Waals surface area contributed by atoms with Crippen LogP contribution in [0.4, 0.5) is 0 Å². The molecule has 22 heavy (non-hydrogen) atoms. The third-order valence-corrected chi connectivity index (χ3v) is 5.46. The molecule has 0 aromatic heterocycles. The first-order valence-electron chi connectivity index (χ1n) is 6.86. The van der Waals surface area contributed by atoms with Crippen molar-refractivity contribution in [3.8, 4) is 0 Å². The van der Waals surface area contributed by atoms with E-state index in [0.717, 1.165) is 0 Å². The van der Waals surface area contributed by atoms with E-state index < -0.39 is 21.5 Å². The molecule has 0 heterocycles. The smallest absolute Gasteiger partial charge is 0.249 e. The third-order valence-electron chi connectivity index (χ3n) is 3.88. The van der Waals surface area contributed by atoms with Gasteiger partial charge in [-0.2, -0.15) is 0 Å². The summed E-state index contributed by atoms with van der Waals surface area (Å²) in [6.07, 6.45) is 1.15. The van der Waals surface area contributed by atoms with Gasteiger partial charge in [0, 0.05) is 17.6 Å². The molecule has 126 valence electrons. The Morgan fingerprint density at radius 3 is 2.23 bits per heavy atom. The van der Waals surface area contributed by atoms with Gasteiger partial charge in [0.15, 0.2) is 0 Å². The summed E-state index contributed by atoms with van der Waals surface area (Å²) < 4.78 is 27.6. The Kier molecular flexibility index (Phi) is 7.50. The number of primary amides is 1. The van der Waals surface area contributed by atoms with Crippen LogP contribution in [0.2, 0.25) is 0 Å². The number of hydrogen-bond acceptors (Lipinski definition) is 4. The van der Waals surface area contributed by atoms with Gasteiger partial charge in [0.2, 0.25) is 15.9 Å². The van der Waals surface area contributed by atoms with E-state index in [1.165, 1.54) is 12.1 Å². The first-order valence-corrected chi connectivity index (χ1v) is 8.34. The lowest BCUT2D eigenvalue weighted by atomic mass is 9.95. The largest absolute Gasteiger partial charge is 0.366 e. The topological polar surface area (TPSA) is 115 Å². The minimum Gasteiger partial charge on any atom is -0.366 e. The molecular formula is C14H24ClN3O3S. The van der Waals surface area contributed by atoms with Crippen molar-refractivity contribution in [2.24, 2.45) is 11.5 Å². The molecule has 8 heteroatoms. The predicted octanol–water partition coefficient (Wildman–Crippen LogP) is 1.31. The molecule has 1 aromatic carbocycles. The predicted molar refractivity (Wildman–Crippen MR) is 89.6 cm³/mol. The molecule has 6 nitrogen and oxygen atoms in total. The van der Waals surface area contributed by atoms with Crippen LogP contribution in [-0.2, 0) is 10.0 Å². The lowest BCUT2D eigenvalue weighted by Gasteiger charge is -2.31. The summed E-state index contributed by atoms with van der Waals surface area (Å²) in [5, 5.41) is 0. The van der Waals surface area contributed by atoms with E-state index >= 15 is 0 Å². The number of nitrogens with two attached hydrogens (primary N) is 2. The summed E-state index contributed by atoms with van der Waals surface area (Å²) >= 11 is 0. The van der Waals surface area contributed by atoms with Crippen LogP contribution >= 0.6 is 12.4 Å². The van der Waals surface area contributed by atoms with Crippen molar-refractivity contribution in [1.29, 1.82) is 0 Å². The molecule has 0 aliphatic carbocycles. The fourth-order valence-corrected chi connectivity index (χ4v) is 3.68. The highest BCUT2D eigenvalue weighted by atomic mass is 35.5. The number of benzene rings is 1. The van der Waals surface area contributed by atoms with Gasteiger partial charge in [-0.05, 0) is 37.5 Å². The van der Waals surface area contributed by atoms with Crippen molar-refractivity contribution >= 4 is 28.3 Å². The highest BCUT2D eigenvalue weighted by molar-refractivity contribution is 7.89. The van der Waals surface area contributed by atoms with Crippen LogP contribution in [0.25, 0.3) is 0 Å². The zero-order valence-electron chi connectivity index (χ0n) is 13.0. The van der Waals surface area contributed by atoms with Crippen LogP contribution in [0.3, 0.4) is 0 Å². The van der Waals surface area contributed by atoms with Crippen molar-refractivity contribution in [2.45, 2.75) is 44.0 Å². The maximum atomic E-state index is 12.5. The van der Waals surface area contributed by atoms with Gasteiger partial charge in [0.25, 0.3) is 0 Å². The van der Waals surface area contributed by atoms with Gasteiger partial charge in [0.1, 0.15) is 0 Å². The Balaban J connectivity index is 0.00000441. The molecule has 1 amide bonds. The van der Waals surface area contributed by atoms with Crippen molar-refractivity contribution in [3.63, 3.8) is 0 Å². The standard InChI is InChI=1S/C14H23N3O3S.ClH/c1-4-14(5-2,9-15)17-21(19,20)11-7-6-10(3)12(8-11)13(16)18;/h6-8,17H,4-5,9,15H2,1-3H3,(H2,16,18);1H. The van der Waals surface area contributed by atoms with E-state index in [9.17, 15) is 13.2 Å². The second-order valence-corrected chi connectivity index (χ2v) is 6.82. The normalized spacial score (nSPS) is 11.8. The Morgan fingerprint density at radius 2 is 1.82 bits per heavy atom. The van der Waals surface area contributed by atoms with E-state index in [4.69, 9.17) is 11.5 Å². The Hall–Kier alpha value is -1.15. The van der Waals surface area contributed by atoms with Gasteiger partial charge in [-0.3, -0.25) is 4.79 Å². The van der Waals surface area contributed by atoms with Crippen molar-refractivity contribution < 1.29 is 13.2 Å². The van der Waals surface area contributed by atoms with E-state index in [-0.39, 0.29) is 29.4 Å². The monoisotopic (exact) mass is 349 g/mol. The lowest BCUT2D eigenvalue weighted by molar-refractivity contribution is 0.0999. The fraction of sp³-hybridized carbons (Fsp3) is 0.500.